The fourth-order valence-corrected chi connectivity index (χ4v) is 2.48. The highest BCUT2D eigenvalue weighted by molar-refractivity contribution is 5.90. The quantitative estimate of drug-likeness (QED) is 0.559. The number of rotatable bonds is 3. The van der Waals surface area contributed by atoms with Crippen LogP contribution in [-0.4, -0.2) is 30.1 Å². The molecule has 0 saturated heterocycles. The Hall–Kier alpha value is -3.56. The van der Waals surface area contributed by atoms with E-state index < -0.39 is 11.7 Å². The van der Waals surface area contributed by atoms with Gasteiger partial charge in [-0.2, -0.15) is 23.3 Å². The number of benzene rings is 1. The zero-order valence-corrected chi connectivity index (χ0v) is 13.0. The van der Waals surface area contributed by atoms with Crippen LogP contribution in [0.3, 0.4) is 0 Å². The van der Waals surface area contributed by atoms with Gasteiger partial charge in [-0.05, 0) is 12.1 Å². The van der Waals surface area contributed by atoms with E-state index in [1.54, 1.807) is 18.5 Å². The van der Waals surface area contributed by atoms with Crippen molar-refractivity contribution >= 4 is 22.7 Å². The summed E-state index contributed by atoms with van der Waals surface area (Å²) in [6.45, 7) is 0. The molecule has 1 aromatic carbocycles. The average molecular weight is 373 g/mol. The fraction of sp³-hybridized carbons (Fsp3) is 0.118. The Bertz CT molecular complexity index is 1080. The summed E-state index contributed by atoms with van der Waals surface area (Å²) in [7, 11) is 0. The van der Waals surface area contributed by atoms with Gasteiger partial charge in [0.15, 0.2) is 11.6 Å². The lowest BCUT2D eigenvalue weighted by Crippen LogP contribution is -2.09. The molecule has 0 fully saturated rings. The maximum Gasteiger partial charge on any atom is 0.417 e. The highest BCUT2D eigenvalue weighted by Crippen LogP contribution is 2.35. The summed E-state index contributed by atoms with van der Waals surface area (Å²) in [5, 5.41) is 10.5. The molecule has 138 valence electrons. The van der Waals surface area contributed by atoms with Gasteiger partial charge in [0.25, 0.3) is 0 Å². The zero-order chi connectivity index (χ0) is 18.1. The van der Waals surface area contributed by atoms with Gasteiger partial charge in [0.2, 0.25) is 5.95 Å². The summed E-state index contributed by atoms with van der Waals surface area (Å²) in [5.74, 6) is 0.428. The van der Waals surface area contributed by atoms with Crippen LogP contribution in [0.25, 0.3) is 22.3 Å². The summed E-state index contributed by atoms with van der Waals surface area (Å²) >= 11 is 0. The van der Waals surface area contributed by atoms with Gasteiger partial charge < -0.3 is 5.32 Å². The number of alkyl halides is 3. The number of hydrogen-bond acceptors (Lipinski definition) is 6. The Kier molecular flexibility index (Phi) is 4.72. The standard InChI is InChI=1S/C16H10F3N7.CH4/c17-16(18,19)11-4-2-1-3-9(11)13-21-8-22-15(23-13)24-14-10-5-6-20-7-12(10)25-26-14;/h1-8H,(H2,21,22,23,24,25,26);1H4. The van der Waals surface area contributed by atoms with Crippen molar-refractivity contribution in [3.8, 4) is 11.4 Å². The summed E-state index contributed by atoms with van der Waals surface area (Å²) in [4.78, 5) is 15.9. The SMILES string of the molecule is C.FC(F)(F)c1ccccc1-c1ncnc(Nc2n[nH]c3cnccc23)n1. The summed E-state index contributed by atoms with van der Waals surface area (Å²) < 4.78 is 39.6. The number of fused-ring (bicyclic) bond motifs is 1. The molecule has 0 aliphatic carbocycles. The van der Waals surface area contributed by atoms with Crippen LogP contribution in [0.15, 0.2) is 49.1 Å². The predicted molar refractivity (Wildman–Crippen MR) is 94.2 cm³/mol. The Morgan fingerprint density at radius 2 is 1.85 bits per heavy atom. The van der Waals surface area contributed by atoms with Gasteiger partial charge in [0.05, 0.1) is 17.3 Å². The average Bonchev–Trinajstić information content (AvgIpc) is 3.04. The molecule has 0 saturated carbocycles. The molecule has 2 N–H and O–H groups in total. The molecule has 0 unspecified atom stereocenters. The first-order valence-electron chi connectivity index (χ1n) is 7.43. The zero-order valence-electron chi connectivity index (χ0n) is 13.0. The topological polar surface area (TPSA) is 92.3 Å². The lowest BCUT2D eigenvalue weighted by molar-refractivity contribution is -0.137. The van der Waals surface area contributed by atoms with Crippen LogP contribution in [0.5, 0.6) is 0 Å². The van der Waals surface area contributed by atoms with Crippen LogP contribution in [0.1, 0.15) is 13.0 Å². The first kappa shape index (κ1) is 18.2. The van der Waals surface area contributed by atoms with Crippen molar-refractivity contribution < 1.29 is 13.2 Å². The number of anilines is 2. The fourth-order valence-electron chi connectivity index (χ4n) is 2.48. The number of aromatic amines is 1. The van der Waals surface area contributed by atoms with Crippen LogP contribution >= 0.6 is 0 Å². The third kappa shape index (κ3) is 3.54. The number of nitrogens with one attached hydrogen (secondary N) is 2. The molecule has 0 amide bonds. The molecule has 0 aliphatic heterocycles. The second-order valence-electron chi connectivity index (χ2n) is 5.29. The molecule has 3 heterocycles. The van der Waals surface area contributed by atoms with E-state index in [1.165, 1.54) is 18.2 Å². The van der Waals surface area contributed by atoms with E-state index >= 15 is 0 Å². The number of aromatic nitrogens is 6. The first-order chi connectivity index (χ1) is 12.5. The Balaban J connectivity index is 0.00000210. The molecular formula is C17H14F3N7. The number of pyridine rings is 1. The molecule has 0 spiro atoms. The monoisotopic (exact) mass is 373 g/mol. The van der Waals surface area contributed by atoms with Crippen LogP contribution in [-0.2, 0) is 6.18 Å². The number of hydrogen-bond donors (Lipinski definition) is 2. The van der Waals surface area contributed by atoms with E-state index in [4.69, 9.17) is 0 Å². The third-order valence-corrected chi connectivity index (χ3v) is 3.64. The van der Waals surface area contributed by atoms with Crippen molar-refractivity contribution in [3.05, 3.63) is 54.6 Å². The van der Waals surface area contributed by atoms with Gasteiger partial charge in [-0.1, -0.05) is 25.6 Å². The summed E-state index contributed by atoms with van der Waals surface area (Å²) in [6, 6.07) is 6.85. The van der Waals surface area contributed by atoms with E-state index in [2.05, 4.69) is 35.5 Å². The molecule has 4 rings (SSSR count). The molecule has 0 radical (unpaired) electrons. The smallest absolute Gasteiger partial charge is 0.307 e. The van der Waals surface area contributed by atoms with E-state index in [9.17, 15) is 13.2 Å². The Labute approximate surface area is 151 Å². The number of H-pyrrole nitrogens is 1. The molecule has 0 bridgehead atoms. The third-order valence-electron chi connectivity index (χ3n) is 3.64. The van der Waals surface area contributed by atoms with Crippen LogP contribution in [0.4, 0.5) is 24.9 Å². The lowest BCUT2D eigenvalue weighted by atomic mass is 10.1. The maximum atomic E-state index is 13.2. The lowest BCUT2D eigenvalue weighted by Gasteiger charge is -2.11. The molecular weight excluding hydrogens is 359 g/mol. The Morgan fingerprint density at radius 3 is 2.67 bits per heavy atom. The van der Waals surface area contributed by atoms with Gasteiger partial charge in [-0.25, -0.2) is 9.97 Å². The van der Waals surface area contributed by atoms with Crippen molar-refractivity contribution in [2.75, 3.05) is 5.32 Å². The molecule has 27 heavy (non-hydrogen) atoms. The molecule has 3 aromatic heterocycles. The van der Waals surface area contributed by atoms with Gasteiger partial charge >= 0.3 is 6.18 Å². The van der Waals surface area contributed by atoms with Gasteiger partial charge in [0, 0.05) is 17.1 Å². The normalized spacial score (nSPS) is 11.2. The molecule has 0 aliphatic rings. The summed E-state index contributed by atoms with van der Waals surface area (Å²) in [5.41, 5.74) is -0.235. The molecule has 0 atom stereocenters. The van der Waals surface area contributed by atoms with Crippen LogP contribution in [0, 0.1) is 0 Å². The van der Waals surface area contributed by atoms with Crippen LogP contribution < -0.4 is 5.32 Å². The molecule has 4 aromatic rings. The first-order valence-corrected chi connectivity index (χ1v) is 7.43. The van der Waals surface area contributed by atoms with Crippen LogP contribution in [0.2, 0.25) is 0 Å². The van der Waals surface area contributed by atoms with Gasteiger partial charge in [-0.15, -0.1) is 0 Å². The highest BCUT2D eigenvalue weighted by atomic mass is 19.4. The largest absolute Gasteiger partial charge is 0.417 e. The predicted octanol–water partition coefficient (Wildman–Crippen LogP) is 4.21. The van der Waals surface area contributed by atoms with Crippen molar-refractivity contribution in [1.29, 1.82) is 0 Å². The van der Waals surface area contributed by atoms with Crippen molar-refractivity contribution in [2.45, 2.75) is 13.6 Å². The minimum atomic E-state index is -4.51. The van der Waals surface area contributed by atoms with E-state index in [1.807, 2.05) is 0 Å². The number of halogens is 3. The van der Waals surface area contributed by atoms with Crippen molar-refractivity contribution in [2.24, 2.45) is 0 Å². The van der Waals surface area contributed by atoms with Crippen molar-refractivity contribution in [1.82, 2.24) is 30.1 Å². The van der Waals surface area contributed by atoms with Gasteiger partial charge in [0.1, 0.15) is 6.33 Å². The van der Waals surface area contributed by atoms with Gasteiger partial charge in [-0.3, -0.25) is 10.1 Å². The highest BCUT2D eigenvalue weighted by Gasteiger charge is 2.34. The minimum Gasteiger partial charge on any atom is -0.307 e. The second-order valence-corrected chi connectivity index (χ2v) is 5.29. The molecule has 7 nitrogen and oxygen atoms in total. The maximum absolute atomic E-state index is 13.2. The second kappa shape index (κ2) is 6.98. The minimum absolute atomic E-state index is 0. The Morgan fingerprint density at radius 1 is 1.04 bits per heavy atom. The van der Waals surface area contributed by atoms with E-state index in [0.717, 1.165) is 17.8 Å². The summed E-state index contributed by atoms with van der Waals surface area (Å²) in [6.07, 6.45) is -0.163. The van der Waals surface area contributed by atoms with E-state index in [0.29, 0.717) is 11.3 Å². The van der Waals surface area contributed by atoms with Crippen molar-refractivity contribution in [3.63, 3.8) is 0 Å². The number of nitrogens with zero attached hydrogens (tertiary/aromatic N) is 5. The van der Waals surface area contributed by atoms with E-state index in [-0.39, 0.29) is 24.8 Å². The molecule has 10 heteroatoms.